The Balaban J connectivity index is 2.16. The topological polar surface area (TPSA) is 41.1 Å². The Hall–Kier alpha value is -1.21. The van der Waals surface area contributed by atoms with E-state index in [2.05, 4.69) is 10.6 Å². The van der Waals surface area contributed by atoms with E-state index < -0.39 is 23.7 Å². The molecule has 0 saturated carbocycles. The van der Waals surface area contributed by atoms with Gasteiger partial charge in [-0.3, -0.25) is 10.1 Å². The summed E-state index contributed by atoms with van der Waals surface area (Å²) in [6.07, 6.45) is -4.47. The van der Waals surface area contributed by atoms with E-state index in [1.165, 1.54) is 30.0 Å². The monoisotopic (exact) mass is 276 g/mol. The maximum atomic E-state index is 12.7. The van der Waals surface area contributed by atoms with Crippen LogP contribution >= 0.6 is 11.8 Å². The van der Waals surface area contributed by atoms with Crippen molar-refractivity contribution in [3.8, 4) is 0 Å². The average Bonchev–Trinajstić information content (AvgIpc) is 2.81. The van der Waals surface area contributed by atoms with Crippen LogP contribution in [0.25, 0.3) is 0 Å². The molecule has 1 aromatic carbocycles. The van der Waals surface area contributed by atoms with Gasteiger partial charge < -0.3 is 5.32 Å². The minimum absolute atomic E-state index is 0.200. The fourth-order valence-corrected chi connectivity index (χ4v) is 2.56. The fraction of sp³-hybridized carbons (Fsp3) is 0.364. The molecular formula is C11H11F3N2OS. The molecular weight excluding hydrogens is 265 g/mol. The number of hydrogen-bond acceptors (Lipinski definition) is 3. The summed E-state index contributed by atoms with van der Waals surface area (Å²) in [5, 5.41) is 5.23. The number of thioether (sulfide) groups is 1. The van der Waals surface area contributed by atoms with Gasteiger partial charge in [-0.15, -0.1) is 11.8 Å². The molecule has 2 rings (SSSR count). The van der Waals surface area contributed by atoms with Crippen LogP contribution in [0.15, 0.2) is 24.3 Å². The van der Waals surface area contributed by atoms with Crippen molar-refractivity contribution in [2.24, 2.45) is 0 Å². The maximum Gasteiger partial charge on any atom is 0.418 e. The van der Waals surface area contributed by atoms with Crippen LogP contribution in [0, 0.1) is 0 Å². The summed E-state index contributed by atoms with van der Waals surface area (Å²) in [5.41, 5.74) is -1.03. The summed E-state index contributed by atoms with van der Waals surface area (Å²) >= 11 is 1.54. The predicted molar refractivity (Wildman–Crippen MR) is 64.3 cm³/mol. The Bertz CT molecular complexity index is 444. The van der Waals surface area contributed by atoms with Gasteiger partial charge in [0.15, 0.2) is 0 Å². The van der Waals surface area contributed by atoms with Crippen LogP contribution in [0.3, 0.4) is 0 Å². The van der Waals surface area contributed by atoms with Crippen LogP contribution in [-0.2, 0) is 11.0 Å². The molecule has 1 amide bonds. The van der Waals surface area contributed by atoms with Gasteiger partial charge >= 0.3 is 6.18 Å². The molecule has 0 aromatic heterocycles. The first-order valence-corrected chi connectivity index (χ1v) is 6.42. The van der Waals surface area contributed by atoms with E-state index in [4.69, 9.17) is 0 Å². The van der Waals surface area contributed by atoms with Gasteiger partial charge in [-0.1, -0.05) is 12.1 Å². The van der Waals surface area contributed by atoms with Crippen molar-refractivity contribution in [3.63, 3.8) is 0 Å². The van der Waals surface area contributed by atoms with Crippen LogP contribution < -0.4 is 10.6 Å². The number of rotatable bonds is 2. The molecule has 1 aromatic rings. The zero-order valence-corrected chi connectivity index (χ0v) is 10.1. The standard InChI is InChI=1S/C11H11F3N2OS/c12-11(13,14)7-3-1-2-4-8(7)16-10(17)9-5-18-6-15-9/h1-4,9,15H,5-6H2,(H,16,17). The number of hydrogen-bond donors (Lipinski definition) is 2. The summed E-state index contributed by atoms with van der Waals surface area (Å²) in [6.45, 7) is 0. The number of halogens is 3. The molecule has 0 bridgehead atoms. The molecule has 1 heterocycles. The van der Waals surface area contributed by atoms with E-state index in [9.17, 15) is 18.0 Å². The summed E-state index contributed by atoms with van der Waals surface area (Å²) < 4.78 is 38.1. The van der Waals surface area contributed by atoms with E-state index >= 15 is 0 Å². The highest BCUT2D eigenvalue weighted by Crippen LogP contribution is 2.34. The van der Waals surface area contributed by atoms with Crippen LogP contribution in [-0.4, -0.2) is 23.6 Å². The van der Waals surface area contributed by atoms with E-state index in [1.807, 2.05) is 0 Å². The normalized spacial score (nSPS) is 19.8. The van der Waals surface area contributed by atoms with Crippen molar-refractivity contribution in [1.82, 2.24) is 5.32 Å². The number of para-hydroxylation sites is 1. The number of carbonyl (C=O) groups excluding carboxylic acids is 1. The second-order valence-corrected chi connectivity index (χ2v) is 4.83. The molecule has 1 unspecified atom stereocenters. The number of amides is 1. The largest absolute Gasteiger partial charge is 0.418 e. The second-order valence-electron chi connectivity index (χ2n) is 3.80. The van der Waals surface area contributed by atoms with Gasteiger partial charge in [0.2, 0.25) is 5.91 Å². The molecule has 1 atom stereocenters. The van der Waals surface area contributed by atoms with Crippen molar-refractivity contribution in [2.75, 3.05) is 16.9 Å². The van der Waals surface area contributed by atoms with Gasteiger partial charge in [-0.05, 0) is 12.1 Å². The molecule has 2 N–H and O–H groups in total. The Kier molecular flexibility index (Phi) is 3.82. The summed E-state index contributed by atoms with van der Waals surface area (Å²) in [6, 6.07) is 4.52. The maximum absolute atomic E-state index is 12.7. The summed E-state index contributed by atoms with van der Waals surface area (Å²) in [5.74, 6) is 0.774. The van der Waals surface area contributed by atoms with Crippen LogP contribution in [0.1, 0.15) is 5.56 Å². The van der Waals surface area contributed by atoms with Crippen molar-refractivity contribution >= 4 is 23.4 Å². The molecule has 98 valence electrons. The van der Waals surface area contributed by atoms with Gasteiger partial charge in [0.05, 0.1) is 17.3 Å². The van der Waals surface area contributed by atoms with Crippen LogP contribution in [0.2, 0.25) is 0 Å². The van der Waals surface area contributed by atoms with E-state index in [1.54, 1.807) is 0 Å². The van der Waals surface area contributed by atoms with Gasteiger partial charge in [0, 0.05) is 11.6 Å². The third kappa shape index (κ3) is 2.97. The Morgan fingerprint density at radius 2 is 2.11 bits per heavy atom. The highest BCUT2D eigenvalue weighted by molar-refractivity contribution is 7.99. The first-order valence-electron chi connectivity index (χ1n) is 5.26. The highest BCUT2D eigenvalue weighted by Gasteiger charge is 2.34. The number of anilines is 1. The first kappa shape index (κ1) is 13.2. The Morgan fingerprint density at radius 3 is 2.72 bits per heavy atom. The molecule has 3 nitrogen and oxygen atoms in total. The molecule has 0 radical (unpaired) electrons. The zero-order valence-electron chi connectivity index (χ0n) is 9.25. The van der Waals surface area contributed by atoms with Gasteiger partial charge in [-0.2, -0.15) is 13.2 Å². The van der Waals surface area contributed by atoms with Crippen LogP contribution in [0.5, 0.6) is 0 Å². The molecule has 1 aliphatic rings. The van der Waals surface area contributed by atoms with Crippen LogP contribution in [0.4, 0.5) is 18.9 Å². The number of alkyl halides is 3. The minimum atomic E-state index is -4.47. The van der Waals surface area contributed by atoms with E-state index in [0.717, 1.165) is 6.07 Å². The third-order valence-electron chi connectivity index (χ3n) is 2.52. The summed E-state index contributed by atoms with van der Waals surface area (Å²) in [4.78, 5) is 11.7. The number of carbonyl (C=O) groups is 1. The smallest absolute Gasteiger partial charge is 0.324 e. The van der Waals surface area contributed by atoms with Gasteiger partial charge in [0.25, 0.3) is 0 Å². The Morgan fingerprint density at radius 1 is 1.39 bits per heavy atom. The minimum Gasteiger partial charge on any atom is -0.324 e. The van der Waals surface area contributed by atoms with E-state index in [0.29, 0.717) is 11.6 Å². The van der Waals surface area contributed by atoms with Crippen molar-refractivity contribution in [1.29, 1.82) is 0 Å². The SMILES string of the molecule is O=C(Nc1ccccc1C(F)(F)F)C1CSCN1. The lowest BCUT2D eigenvalue weighted by Crippen LogP contribution is -2.37. The van der Waals surface area contributed by atoms with Crippen molar-refractivity contribution in [3.05, 3.63) is 29.8 Å². The molecule has 0 spiro atoms. The van der Waals surface area contributed by atoms with Crippen molar-refractivity contribution < 1.29 is 18.0 Å². The molecule has 18 heavy (non-hydrogen) atoms. The lowest BCUT2D eigenvalue weighted by Gasteiger charge is -2.15. The molecule has 1 fully saturated rings. The number of benzene rings is 1. The van der Waals surface area contributed by atoms with Crippen molar-refractivity contribution in [2.45, 2.75) is 12.2 Å². The Labute approximate surface area is 106 Å². The van der Waals surface area contributed by atoms with Gasteiger partial charge in [0.1, 0.15) is 0 Å². The second kappa shape index (κ2) is 5.19. The first-order chi connectivity index (χ1) is 8.48. The molecule has 1 aliphatic heterocycles. The van der Waals surface area contributed by atoms with E-state index in [-0.39, 0.29) is 5.69 Å². The molecule has 1 saturated heterocycles. The lowest BCUT2D eigenvalue weighted by atomic mass is 10.1. The third-order valence-corrected chi connectivity index (χ3v) is 3.46. The zero-order chi connectivity index (χ0) is 13.2. The summed E-state index contributed by atoms with van der Waals surface area (Å²) in [7, 11) is 0. The average molecular weight is 276 g/mol. The predicted octanol–water partition coefficient (Wildman–Crippen LogP) is 2.31. The highest BCUT2D eigenvalue weighted by atomic mass is 32.2. The molecule has 0 aliphatic carbocycles. The quantitative estimate of drug-likeness (QED) is 0.871. The lowest BCUT2D eigenvalue weighted by molar-refractivity contribution is -0.137. The van der Waals surface area contributed by atoms with Gasteiger partial charge in [-0.25, -0.2) is 0 Å². The number of nitrogens with one attached hydrogen (secondary N) is 2. The molecule has 7 heteroatoms. The fourth-order valence-electron chi connectivity index (χ4n) is 1.62.